The fraction of sp³-hybridized carbons (Fsp3) is 0.839. The maximum Gasteiger partial charge on any atom is 0.306 e. The number of allylic oxidation sites excluding steroid dienone is 6. The maximum atomic E-state index is 12.8. The van der Waals surface area contributed by atoms with Gasteiger partial charge in [0.05, 0.1) is 0 Å². The van der Waals surface area contributed by atoms with Crippen molar-refractivity contribution >= 4 is 17.9 Å². The van der Waals surface area contributed by atoms with E-state index in [1.54, 1.807) is 0 Å². The van der Waals surface area contributed by atoms with Crippen LogP contribution < -0.4 is 0 Å². The second-order valence-corrected chi connectivity index (χ2v) is 18.1. The molecular weight excluding hydrogens is 769 g/mol. The van der Waals surface area contributed by atoms with Crippen LogP contribution in [0.1, 0.15) is 284 Å². The van der Waals surface area contributed by atoms with E-state index in [4.69, 9.17) is 14.2 Å². The van der Waals surface area contributed by atoms with Gasteiger partial charge in [0.1, 0.15) is 13.2 Å². The molecule has 6 heteroatoms. The summed E-state index contributed by atoms with van der Waals surface area (Å²) >= 11 is 0. The Kier molecular flexibility index (Phi) is 49.3. The summed E-state index contributed by atoms with van der Waals surface area (Å²) in [6.07, 6.45) is 59.8. The van der Waals surface area contributed by atoms with Crippen molar-refractivity contribution in [3.63, 3.8) is 0 Å². The molecule has 0 N–H and O–H groups in total. The van der Waals surface area contributed by atoms with Crippen molar-refractivity contribution in [1.82, 2.24) is 0 Å². The van der Waals surface area contributed by atoms with Crippen LogP contribution in [-0.4, -0.2) is 37.2 Å². The molecule has 0 aliphatic heterocycles. The molecule has 0 rings (SSSR count). The minimum absolute atomic E-state index is 0.0787. The number of hydrogen-bond donors (Lipinski definition) is 0. The number of esters is 3. The molecule has 0 saturated carbocycles. The molecule has 1 unspecified atom stereocenters. The normalized spacial score (nSPS) is 12.2. The van der Waals surface area contributed by atoms with Gasteiger partial charge in [-0.2, -0.15) is 0 Å². The van der Waals surface area contributed by atoms with Gasteiger partial charge in [0.25, 0.3) is 0 Å². The van der Waals surface area contributed by atoms with E-state index in [1.807, 2.05) is 0 Å². The zero-order valence-corrected chi connectivity index (χ0v) is 41.4. The Hall–Kier alpha value is -2.37. The van der Waals surface area contributed by atoms with E-state index in [1.165, 1.54) is 167 Å². The van der Waals surface area contributed by atoms with Gasteiger partial charge in [-0.3, -0.25) is 14.4 Å². The lowest BCUT2D eigenvalue weighted by atomic mass is 10.1. The fourth-order valence-electron chi connectivity index (χ4n) is 7.72. The number of ether oxygens (including phenoxy) is 3. The lowest BCUT2D eigenvalue weighted by molar-refractivity contribution is -0.167. The minimum atomic E-state index is -0.779. The Morgan fingerprint density at radius 1 is 0.306 bits per heavy atom. The maximum absolute atomic E-state index is 12.8. The molecule has 0 heterocycles. The average molecular weight is 871 g/mol. The standard InChI is InChI=1S/C56H102O6/c1-4-7-10-13-16-19-22-25-27-28-29-32-34-37-40-43-46-49-55(58)61-52-53(51-60-54(57)48-45-42-39-36-33-30-24-21-18-15-12-9-6-3)62-56(59)50-47-44-41-38-35-31-26-23-20-17-14-11-8-5-2/h21,23-27,53H,4-20,22,28-52H2,1-3H3/b24-21-,26-23-,27-25-. The van der Waals surface area contributed by atoms with Gasteiger partial charge >= 0.3 is 17.9 Å². The second-order valence-electron chi connectivity index (χ2n) is 18.1. The molecule has 0 bridgehead atoms. The molecule has 62 heavy (non-hydrogen) atoms. The van der Waals surface area contributed by atoms with E-state index in [0.717, 1.165) is 77.0 Å². The first kappa shape index (κ1) is 59.6. The van der Waals surface area contributed by atoms with E-state index in [9.17, 15) is 14.4 Å². The number of hydrogen-bond acceptors (Lipinski definition) is 6. The van der Waals surface area contributed by atoms with E-state index < -0.39 is 6.10 Å². The van der Waals surface area contributed by atoms with Crippen LogP contribution in [-0.2, 0) is 28.6 Å². The van der Waals surface area contributed by atoms with Gasteiger partial charge in [0, 0.05) is 19.3 Å². The second kappa shape index (κ2) is 51.3. The van der Waals surface area contributed by atoms with Gasteiger partial charge in [0.15, 0.2) is 6.10 Å². The van der Waals surface area contributed by atoms with Crippen LogP contribution in [0.25, 0.3) is 0 Å². The molecule has 0 fully saturated rings. The molecular formula is C56H102O6. The summed E-state index contributed by atoms with van der Waals surface area (Å²) in [6, 6.07) is 0. The Morgan fingerprint density at radius 2 is 0.532 bits per heavy atom. The van der Waals surface area contributed by atoms with Crippen LogP contribution in [0.4, 0.5) is 0 Å². The predicted octanol–water partition coefficient (Wildman–Crippen LogP) is 17.7. The van der Waals surface area contributed by atoms with Crippen LogP contribution in [0.3, 0.4) is 0 Å². The van der Waals surface area contributed by atoms with Crippen molar-refractivity contribution in [3.05, 3.63) is 36.5 Å². The third-order valence-electron chi connectivity index (χ3n) is 11.8. The van der Waals surface area contributed by atoms with Crippen LogP contribution >= 0.6 is 0 Å². The first-order valence-electron chi connectivity index (χ1n) is 27.0. The lowest BCUT2D eigenvalue weighted by Crippen LogP contribution is -2.30. The molecule has 0 radical (unpaired) electrons. The van der Waals surface area contributed by atoms with Crippen molar-refractivity contribution in [1.29, 1.82) is 0 Å². The molecule has 0 aromatic heterocycles. The average Bonchev–Trinajstić information content (AvgIpc) is 3.27. The quantitative estimate of drug-likeness (QED) is 0.0262. The van der Waals surface area contributed by atoms with Crippen molar-refractivity contribution in [2.75, 3.05) is 13.2 Å². The summed E-state index contributed by atoms with van der Waals surface area (Å²) in [5, 5.41) is 0. The highest BCUT2D eigenvalue weighted by atomic mass is 16.6. The van der Waals surface area contributed by atoms with Gasteiger partial charge in [-0.15, -0.1) is 0 Å². The third kappa shape index (κ3) is 48.7. The zero-order valence-electron chi connectivity index (χ0n) is 41.4. The molecule has 0 spiro atoms. The van der Waals surface area contributed by atoms with Gasteiger partial charge in [0.2, 0.25) is 0 Å². The number of carbonyl (C=O) groups is 3. The van der Waals surface area contributed by atoms with Crippen LogP contribution in [0.2, 0.25) is 0 Å². The van der Waals surface area contributed by atoms with Crippen LogP contribution in [0.15, 0.2) is 36.5 Å². The smallest absolute Gasteiger partial charge is 0.306 e. The molecule has 0 aliphatic rings. The fourth-order valence-corrected chi connectivity index (χ4v) is 7.72. The molecule has 6 nitrogen and oxygen atoms in total. The number of carbonyl (C=O) groups excluding carboxylic acids is 3. The summed E-state index contributed by atoms with van der Waals surface area (Å²) in [7, 11) is 0. The number of rotatable bonds is 49. The van der Waals surface area contributed by atoms with Gasteiger partial charge in [-0.25, -0.2) is 0 Å². The van der Waals surface area contributed by atoms with Gasteiger partial charge in [-0.1, -0.05) is 205 Å². The van der Waals surface area contributed by atoms with E-state index >= 15 is 0 Å². The summed E-state index contributed by atoms with van der Waals surface area (Å²) < 4.78 is 16.8. The number of unbranched alkanes of at least 4 members (excludes halogenated alkanes) is 32. The zero-order chi connectivity index (χ0) is 45.1. The SMILES string of the molecule is CCCCCC/C=C\CCCCCCCC(=O)OCC(COC(=O)CCCCCCCCC/C=C\CCCCCCCC)OC(=O)CCCCCCC/C=C\CCCCCCC. The summed E-state index contributed by atoms with van der Waals surface area (Å²) in [4.78, 5) is 38.0. The highest BCUT2D eigenvalue weighted by Crippen LogP contribution is 2.15. The van der Waals surface area contributed by atoms with E-state index in [2.05, 4.69) is 57.2 Å². The van der Waals surface area contributed by atoms with Crippen molar-refractivity contribution < 1.29 is 28.6 Å². The van der Waals surface area contributed by atoms with Crippen molar-refractivity contribution in [2.24, 2.45) is 0 Å². The minimum Gasteiger partial charge on any atom is -0.462 e. The van der Waals surface area contributed by atoms with Crippen molar-refractivity contribution in [3.8, 4) is 0 Å². The van der Waals surface area contributed by atoms with Crippen LogP contribution in [0.5, 0.6) is 0 Å². The van der Waals surface area contributed by atoms with Gasteiger partial charge in [-0.05, 0) is 96.3 Å². The Labute approximate surface area is 385 Å². The largest absolute Gasteiger partial charge is 0.462 e. The summed E-state index contributed by atoms with van der Waals surface area (Å²) in [5.74, 6) is -0.890. The summed E-state index contributed by atoms with van der Waals surface area (Å²) in [6.45, 7) is 6.61. The Balaban J connectivity index is 4.37. The molecule has 0 saturated heterocycles. The predicted molar refractivity (Wildman–Crippen MR) is 266 cm³/mol. The third-order valence-corrected chi connectivity index (χ3v) is 11.8. The van der Waals surface area contributed by atoms with E-state index in [-0.39, 0.29) is 31.1 Å². The molecule has 362 valence electrons. The molecule has 1 atom stereocenters. The highest BCUT2D eigenvalue weighted by Gasteiger charge is 2.19. The Bertz CT molecular complexity index is 1050. The van der Waals surface area contributed by atoms with Crippen molar-refractivity contribution in [2.45, 2.75) is 290 Å². The first-order valence-corrected chi connectivity index (χ1v) is 27.0. The monoisotopic (exact) mass is 871 g/mol. The lowest BCUT2D eigenvalue weighted by Gasteiger charge is -2.18. The molecule has 0 aromatic rings. The topological polar surface area (TPSA) is 78.9 Å². The Morgan fingerprint density at radius 3 is 0.823 bits per heavy atom. The molecule has 0 aromatic carbocycles. The first-order chi connectivity index (χ1) is 30.5. The van der Waals surface area contributed by atoms with E-state index in [0.29, 0.717) is 19.3 Å². The van der Waals surface area contributed by atoms with Crippen LogP contribution in [0, 0.1) is 0 Å². The molecule has 0 amide bonds. The highest BCUT2D eigenvalue weighted by molar-refractivity contribution is 5.71. The summed E-state index contributed by atoms with van der Waals surface area (Å²) in [5.41, 5.74) is 0. The van der Waals surface area contributed by atoms with Gasteiger partial charge < -0.3 is 14.2 Å². The molecule has 0 aliphatic carbocycles.